The molecule has 9 heteroatoms. The van der Waals surface area contributed by atoms with Crippen molar-refractivity contribution < 1.29 is 19.2 Å². The van der Waals surface area contributed by atoms with Crippen molar-refractivity contribution >= 4 is 17.7 Å². The van der Waals surface area contributed by atoms with Gasteiger partial charge in [0.25, 0.3) is 12.0 Å². The van der Waals surface area contributed by atoms with Crippen LogP contribution in [0.2, 0.25) is 0 Å². The minimum atomic E-state index is -0.670. The van der Waals surface area contributed by atoms with E-state index in [-0.39, 0.29) is 29.3 Å². The van der Waals surface area contributed by atoms with Gasteiger partial charge in [0.05, 0.1) is 12.5 Å². The fourth-order valence-corrected chi connectivity index (χ4v) is 3.99. The smallest absolute Gasteiger partial charge is 0.368 e. The molecule has 0 radical (unpaired) electrons. The maximum absolute atomic E-state index is 12.7. The van der Waals surface area contributed by atoms with Crippen molar-refractivity contribution in [1.29, 1.82) is 0 Å². The maximum atomic E-state index is 12.7. The Kier molecular flexibility index (Phi) is 5.37. The van der Waals surface area contributed by atoms with E-state index in [0.29, 0.717) is 12.5 Å². The number of carbonyl (C=O) groups is 3. The van der Waals surface area contributed by atoms with E-state index in [4.69, 9.17) is 10.6 Å². The Bertz CT molecular complexity index is 888. The fourth-order valence-electron chi connectivity index (χ4n) is 3.99. The van der Waals surface area contributed by atoms with E-state index in [1.807, 2.05) is 0 Å². The van der Waals surface area contributed by atoms with Crippen LogP contribution in [0.25, 0.3) is 4.85 Å². The maximum Gasteiger partial charge on any atom is 0.565 e. The molecule has 1 unspecified atom stereocenters. The highest BCUT2D eigenvalue weighted by molar-refractivity contribution is 6.03. The molecule has 3 amide bonds. The Morgan fingerprint density at radius 1 is 1.28 bits per heavy atom. The molecule has 1 aromatic heterocycles. The number of carbonyl (C=O) groups excluding carboxylic acids is 3. The molecule has 1 aromatic rings. The second kappa shape index (κ2) is 7.95. The van der Waals surface area contributed by atoms with Crippen LogP contribution in [0.5, 0.6) is 0 Å². The lowest BCUT2D eigenvalue weighted by atomic mass is 9.77. The number of hydrogen-bond acceptors (Lipinski definition) is 5. The Balaban J connectivity index is 1.47. The standard InChI is InChI=1S/C20H25N5O4/c21-17(26)11-25-16(9-15(23-25)18(27)24-29-12-13-4-5-13)19(28)22-10-14-3-1-2-6-20(14)7-8-20/h9,13-14H,1-8,11-12H2,(H2-,21,24,26,27)/p+1. The van der Waals surface area contributed by atoms with E-state index in [9.17, 15) is 14.4 Å². The van der Waals surface area contributed by atoms with Crippen molar-refractivity contribution in [3.8, 4) is 6.07 Å². The van der Waals surface area contributed by atoms with Crippen LogP contribution in [0.15, 0.2) is 6.07 Å². The first-order chi connectivity index (χ1) is 14.0. The summed E-state index contributed by atoms with van der Waals surface area (Å²) in [4.78, 5) is 45.4. The van der Waals surface area contributed by atoms with Crippen molar-refractivity contribution in [2.75, 3.05) is 6.61 Å². The Hall–Kier alpha value is -2.73. The summed E-state index contributed by atoms with van der Waals surface area (Å²) in [7, 11) is 0. The van der Waals surface area contributed by atoms with Gasteiger partial charge in [0, 0.05) is 10.9 Å². The summed E-state index contributed by atoms with van der Waals surface area (Å²) in [6.45, 7) is 0.127. The Morgan fingerprint density at radius 3 is 2.76 bits per heavy atom. The predicted octanol–water partition coefficient (Wildman–Crippen LogP) is 1.88. The highest BCUT2D eigenvalue weighted by atomic mass is 16.7. The molecule has 1 atom stereocenters. The zero-order chi connectivity index (χ0) is 20.4. The van der Waals surface area contributed by atoms with Crippen molar-refractivity contribution in [3.63, 3.8) is 0 Å². The fraction of sp³-hybridized carbons (Fsp3) is 0.650. The Morgan fingerprint density at radius 2 is 2.07 bits per heavy atom. The van der Waals surface area contributed by atoms with Crippen molar-refractivity contribution in [1.82, 2.24) is 15.3 Å². The molecule has 3 aliphatic rings. The highest BCUT2D eigenvalue weighted by Crippen LogP contribution is 2.59. The number of aromatic nitrogens is 2. The number of amides is 3. The summed E-state index contributed by atoms with van der Waals surface area (Å²) in [6, 6.07) is 4.34. The molecule has 0 aromatic carbocycles. The van der Waals surface area contributed by atoms with Crippen molar-refractivity contribution in [2.24, 2.45) is 23.0 Å². The van der Waals surface area contributed by atoms with Crippen LogP contribution >= 0.6 is 0 Å². The topological polar surface area (TPSA) is 121 Å². The van der Waals surface area contributed by atoms with Gasteiger partial charge in [0.2, 0.25) is 5.91 Å². The van der Waals surface area contributed by atoms with Gasteiger partial charge in [-0.1, -0.05) is 12.8 Å². The van der Waals surface area contributed by atoms with Gasteiger partial charge in [0.15, 0.2) is 11.4 Å². The summed E-state index contributed by atoms with van der Waals surface area (Å²) >= 11 is 0. The van der Waals surface area contributed by atoms with E-state index in [0.717, 1.165) is 30.4 Å². The first-order valence-corrected chi connectivity index (χ1v) is 10.3. The largest absolute Gasteiger partial charge is 0.565 e. The third-order valence-electron chi connectivity index (χ3n) is 6.09. The minimum absolute atomic E-state index is 0.0306. The molecular weight excluding hydrogens is 374 g/mol. The average molecular weight is 400 g/mol. The van der Waals surface area contributed by atoms with Gasteiger partial charge in [-0.05, 0) is 49.9 Å². The normalized spacial score (nSPS) is 21.9. The van der Waals surface area contributed by atoms with E-state index in [1.54, 1.807) is 0 Å². The van der Waals surface area contributed by atoms with E-state index >= 15 is 0 Å². The number of nitrogens with one attached hydrogen (secondary N) is 1. The van der Waals surface area contributed by atoms with Gasteiger partial charge >= 0.3 is 5.91 Å². The van der Waals surface area contributed by atoms with Gasteiger partial charge in [-0.15, -0.1) is 0 Å². The number of nitrogens with zero attached hydrogens (tertiary/aromatic N) is 3. The lowest BCUT2D eigenvalue weighted by Crippen LogP contribution is -2.26. The van der Waals surface area contributed by atoms with Crippen LogP contribution in [-0.4, -0.2) is 34.1 Å². The highest BCUT2D eigenvalue weighted by Gasteiger charge is 2.52. The van der Waals surface area contributed by atoms with E-state index < -0.39 is 17.7 Å². The van der Waals surface area contributed by atoms with Gasteiger partial charge in [-0.2, -0.15) is 9.89 Å². The predicted molar refractivity (Wildman–Crippen MR) is 103 cm³/mol. The van der Waals surface area contributed by atoms with Gasteiger partial charge < -0.3 is 5.73 Å². The third kappa shape index (κ3) is 4.65. The molecule has 29 heavy (non-hydrogen) atoms. The molecule has 3 saturated carbocycles. The van der Waals surface area contributed by atoms with Crippen LogP contribution < -0.4 is 11.2 Å². The molecule has 3 fully saturated rings. The zero-order valence-electron chi connectivity index (χ0n) is 16.4. The molecular formula is C20H26N5O4+. The average Bonchev–Trinajstić information content (AvgIpc) is 3.61. The Labute approximate surface area is 168 Å². The molecule has 1 heterocycles. The molecule has 3 aliphatic carbocycles. The molecule has 3 N–H and O–H groups in total. The monoisotopic (exact) mass is 400 g/mol. The molecule has 9 nitrogen and oxygen atoms in total. The summed E-state index contributed by atoms with van der Waals surface area (Å²) in [5, 5.41) is 4.04. The van der Waals surface area contributed by atoms with Gasteiger partial charge in [0.1, 0.15) is 6.54 Å². The van der Waals surface area contributed by atoms with Crippen LogP contribution in [0.1, 0.15) is 72.3 Å². The van der Waals surface area contributed by atoms with Crippen molar-refractivity contribution in [3.05, 3.63) is 22.3 Å². The third-order valence-corrected chi connectivity index (χ3v) is 6.09. The SMILES string of the molecule is NC(=O)Cn1nc(C(=O)NOCC2CC2)cc1C(=O)[N+]#CC1CCCCC12CC2. The number of hydrogen-bond donors (Lipinski definition) is 2. The summed E-state index contributed by atoms with van der Waals surface area (Å²) < 4.78 is 1.11. The van der Waals surface area contributed by atoms with Crippen LogP contribution in [0.4, 0.5) is 0 Å². The van der Waals surface area contributed by atoms with Gasteiger partial charge in [-0.3, -0.25) is 14.4 Å². The lowest BCUT2D eigenvalue weighted by Gasteiger charge is -2.23. The molecule has 4 rings (SSSR count). The number of nitrogens with two attached hydrogens (primary N) is 1. The molecule has 0 saturated heterocycles. The molecule has 154 valence electrons. The molecule has 1 spiro atoms. The van der Waals surface area contributed by atoms with Crippen LogP contribution in [0.3, 0.4) is 0 Å². The number of rotatable bonds is 7. The van der Waals surface area contributed by atoms with Crippen LogP contribution in [-0.2, 0) is 16.2 Å². The number of hydroxylamine groups is 1. The van der Waals surface area contributed by atoms with Crippen LogP contribution in [0, 0.1) is 23.3 Å². The second-order valence-corrected chi connectivity index (χ2v) is 8.43. The summed E-state index contributed by atoms with van der Waals surface area (Å²) in [6.07, 6.45) is 9.02. The quantitative estimate of drug-likeness (QED) is 0.677. The van der Waals surface area contributed by atoms with Crippen molar-refractivity contribution in [2.45, 2.75) is 57.9 Å². The van der Waals surface area contributed by atoms with Gasteiger partial charge in [-0.25, -0.2) is 10.2 Å². The molecule has 0 aliphatic heterocycles. The zero-order valence-corrected chi connectivity index (χ0v) is 16.4. The van der Waals surface area contributed by atoms with E-state index in [2.05, 4.69) is 21.5 Å². The first kappa shape index (κ1) is 19.6. The lowest BCUT2D eigenvalue weighted by molar-refractivity contribution is -0.118. The minimum Gasteiger partial charge on any atom is -0.368 e. The second-order valence-electron chi connectivity index (χ2n) is 8.43. The number of primary amides is 1. The summed E-state index contributed by atoms with van der Waals surface area (Å²) in [5.74, 6) is -1.17. The molecule has 0 bridgehead atoms. The van der Waals surface area contributed by atoms with E-state index in [1.165, 1.54) is 31.7 Å². The summed E-state index contributed by atoms with van der Waals surface area (Å²) in [5.41, 5.74) is 7.85. The first-order valence-electron chi connectivity index (χ1n) is 10.3.